The molecule has 0 bridgehead atoms. The third-order valence-corrected chi connectivity index (χ3v) is 0. The third-order valence-electron chi connectivity index (χ3n) is 0. The van der Waals surface area contributed by atoms with Crippen molar-refractivity contribution in [2.75, 3.05) is 0 Å². The van der Waals surface area contributed by atoms with E-state index in [1.807, 2.05) is 0 Å². The first-order valence-corrected chi connectivity index (χ1v) is 2.72. The second-order valence-corrected chi connectivity index (χ2v) is 1.47. The van der Waals surface area contributed by atoms with Crippen LogP contribution in [-0.4, -0.2) is 17.9 Å². The number of quaternary nitrogens is 1. The summed E-state index contributed by atoms with van der Waals surface area (Å²) in [5, 5.41) is 26.7. The number of hydrogen-bond donors (Lipinski definition) is 1. The average Bonchev–Trinajstić information content (AvgIpc) is 1.54. The Morgan fingerprint density at radius 1 is 0.714 bits per heavy atom. The molecule has 4 N–H and O–H groups in total. The van der Waals surface area contributed by atoms with Crippen LogP contribution in [0.4, 0.5) is 0 Å². The minimum absolute atomic E-state index is 0. The van der Waals surface area contributed by atoms with Crippen molar-refractivity contribution in [3.05, 3.63) is 0 Å². The molecule has 14 heavy (non-hydrogen) atoms. The standard InChI is InChI=1S/3C2H4O2.Mn.H3N/c3*1-2(3)4;;/h3*1H3,(H,3,4);;1H3/q;;;+2;/p-2. The van der Waals surface area contributed by atoms with Gasteiger partial charge in [0, 0.05) is 17.9 Å². The number of carboxylic acid groups (broad SMARTS) is 3. The second kappa shape index (κ2) is 22.7. The summed E-state index contributed by atoms with van der Waals surface area (Å²) in [6.07, 6.45) is 0. The smallest absolute Gasteiger partial charge is 0.550 e. The molecule has 0 amide bonds. The molecule has 0 heterocycles. The Labute approximate surface area is 92.2 Å². The molecule has 7 nitrogen and oxygen atoms in total. The van der Waals surface area contributed by atoms with Gasteiger partial charge in [-0.2, -0.15) is 0 Å². The van der Waals surface area contributed by atoms with Gasteiger partial charge in [0.2, 0.25) is 0 Å². The number of carboxylic acids is 3. The van der Waals surface area contributed by atoms with Gasteiger partial charge in [-0.1, -0.05) is 0 Å². The number of carbonyl (C=O) groups excluding carboxylic acids is 3. The summed E-state index contributed by atoms with van der Waals surface area (Å²) < 4.78 is 0. The quantitative estimate of drug-likeness (QED) is 0.442. The Kier molecular flexibility index (Phi) is 47.4. The van der Waals surface area contributed by atoms with Gasteiger partial charge in [0.1, 0.15) is 0 Å². The third kappa shape index (κ3) is 864. The van der Waals surface area contributed by atoms with Crippen LogP contribution < -0.4 is 21.5 Å². The first-order chi connectivity index (χ1) is 5.20. The van der Waals surface area contributed by atoms with Gasteiger partial charge in [0.15, 0.2) is 0 Å². The normalized spacial score (nSPS) is 5.36. The Balaban J connectivity index is -0.0000000270. The van der Waals surface area contributed by atoms with Gasteiger partial charge >= 0.3 is 17.1 Å². The van der Waals surface area contributed by atoms with Crippen LogP contribution in [0.5, 0.6) is 0 Å². The SMILES string of the molecule is CC(=O)[O-].CC(=O)[O-].CC(=O)[O-].[Mn+2].[NH4+]. The van der Waals surface area contributed by atoms with Crippen LogP contribution >= 0.6 is 0 Å². The summed E-state index contributed by atoms with van der Waals surface area (Å²) in [6, 6.07) is 0. The van der Waals surface area contributed by atoms with E-state index in [1.165, 1.54) is 0 Å². The maximum atomic E-state index is 8.89. The van der Waals surface area contributed by atoms with Crippen molar-refractivity contribution < 1.29 is 46.8 Å². The topological polar surface area (TPSA) is 157 Å². The maximum Gasteiger partial charge on any atom is 2.00 e. The summed E-state index contributed by atoms with van der Waals surface area (Å²) in [5.74, 6) is -3.25. The average molecular weight is 250 g/mol. The van der Waals surface area contributed by atoms with E-state index in [4.69, 9.17) is 29.7 Å². The molecule has 85 valence electrons. The molecule has 0 fully saturated rings. The molecule has 0 aliphatic carbocycles. The van der Waals surface area contributed by atoms with Crippen molar-refractivity contribution >= 4 is 17.9 Å². The van der Waals surface area contributed by atoms with E-state index >= 15 is 0 Å². The summed E-state index contributed by atoms with van der Waals surface area (Å²) >= 11 is 0. The molecule has 0 saturated carbocycles. The van der Waals surface area contributed by atoms with Gasteiger partial charge < -0.3 is 35.9 Å². The molecule has 0 atom stereocenters. The number of aliphatic carboxylic acids is 3. The zero-order valence-corrected chi connectivity index (χ0v) is 9.51. The fraction of sp³-hybridized carbons (Fsp3) is 0.500. The Morgan fingerprint density at radius 3 is 0.714 bits per heavy atom. The monoisotopic (exact) mass is 250 g/mol. The van der Waals surface area contributed by atoms with E-state index in [-0.39, 0.29) is 23.2 Å². The first-order valence-electron chi connectivity index (χ1n) is 2.72. The summed E-state index contributed by atoms with van der Waals surface area (Å²) in [5.41, 5.74) is 0. The van der Waals surface area contributed by atoms with Crippen LogP contribution in [0.1, 0.15) is 20.8 Å². The van der Waals surface area contributed by atoms with Crippen LogP contribution in [0.2, 0.25) is 0 Å². The van der Waals surface area contributed by atoms with Gasteiger partial charge in [-0.05, 0) is 20.8 Å². The summed E-state index contributed by atoms with van der Waals surface area (Å²) in [6.45, 7) is 2.92. The van der Waals surface area contributed by atoms with E-state index in [0.717, 1.165) is 20.8 Å². The van der Waals surface area contributed by atoms with Gasteiger partial charge in [-0.15, -0.1) is 0 Å². The van der Waals surface area contributed by atoms with E-state index < -0.39 is 17.9 Å². The van der Waals surface area contributed by atoms with Crippen molar-refractivity contribution in [3.8, 4) is 0 Å². The number of carbonyl (C=O) groups is 3. The predicted molar refractivity (Wildman–Crippen MR) is 38.0 cm³/mol. The molecule has 8 heteroatoms. The number of rotatable bonds is 0. The van der Waals surface area contributed by atoms with Crippen molar-refractivity contribution in [1.82, 2.24) is 6.15 Å². The van der Waals surface area contributed by atoms with Gasteiger partial charge in [-0.3, -0.25) is 0 Å². The van der Waals surface area contributed by atoms with Crippen LogP contribution in [-0.2, 0) is 31.5 Å². The molecular formula is C6H13MnNO6. The fourth-order valence-corrected chi connectivity index (χ4v) is 0. The van der Waals surface area contributed by atoms with Crippen molar-refractivity contribution in [2.45, 2.75) is 20.8 Å². The summed E-state index contributed by atoms with van der Waals surface area (Å²) in [4.78, 5) is 26.7. The first kappa shape index (κ1) is 29.3. The molecule has 1 radical (unpaired) electrons. The Hall–Kier alpha value is -1.11. The largest absolute Gasteiger partial charge is 2.00 e. The number of hydrogen-bond acceptors (Lipinski definition) is 6. The van der Waals surface area contributed by atoms with Crippen LogP contribution in [0.15, 0.2) is 0 Å². The molecule has 0 aliphatic rings. The Morgan fingerprint density at radius 2 is 0.714 bits per heavy atom. The molecule has 0 aromatic heterocycles. The fourth-order valence-electron chi connectivity index (χ4n) is 0. The molecule has 0 aromatic rings. The van der Waals surface area contributed by atoms with Crippen LogP contribution in [0.25, 0.3) is 0 Å². The van der Waals surface area contributed by atoms with E-state index in [2.05, 4.69) is 0 Å². The van der Waals surface area contributed by atoms with E-state index in [0.29, 0.717) is 0 Å². The van der Waals surface area contributed by atoms with Crippen molar-refractivity contribution in [1.29, 1.82) is 0 Å². The molecular weight excluding hydrogens is 237 g/mol. The van der Waals surface area contributed by atoms with Crippen LogP contribution in [0.3, 0.4) is 0 Å². The predicted octanol–water partition coefficient (Wildman–Crippen LogP) is -3.36. The zero-order valence-electron chi connectivity index (χ0n) is 8.33. The van der Waals surface area contributed by atoms with Crippen molar-refractivity contribution in [2.24, 2.45) is 0 Å². The second-order valence-electron chi connectivity index (χ2n) is 1.47. The molecule has 0 spiro atoms. The minimum Gasteiger partial charge on any atom is -0.550 e. The van der Waals surface area contributed by atoms with Gasteiger partial charge in [0.25, 0.3) is 0 Å². The van der Waals surface area contributed by atoms with E-state index in [1.54, 1.807) is 0 Å². The van der Waals surface area contributed by atoms with E-state index in [9.17, 15) is 0 Å². The molecule has 0 saturated heterocycles. The minimum atomic E-state index is -1.08. The maximum absolute atomic E-state index is 8.89. The van der Waals surface area contributed by atoms with Crippen LogP contribution in [0, 0.1) is 0 Å². The molecule has 0 aliphatic heterocycles. The molecule has 0 unspecified atom stereocenters. The molecule has 0 rings (SSSR count). The van der Waals surface area contributed by atoms with Gasteiger partial charge in [-0.25, -0.2) is 0 Å². The zero-order chi connectivity index (χ0) is 10.7. The van der Waals surface area contributed by atoms with Crippen molar-refractivity contribution in [3.63, 3.8) is 0 Å². The summed E-state index contributed by atoms with van der Waals surface area (Å²) in [7, 11) is 0. The van der Waals surface area contributed by atoms with Gasteiger partial charge in [0.05, 0.1) is 0 Å². The Bertz CT molecular complexity index is 120. The molecule has 0 aromatic carbocycles.